The number of esters is 2. The minimum atomic E-state index is -3.79. The molecule has 2 aromatic carbocycles. The minimum absolute atomic E-state index is 0.0523. The summed E-state index contributed by atoms with van der Waals surface area (Å²) in [4.78, 5) is 22.1. The van der Waals surface area contributed by atoms with Crippen LogP contribution in [-0.2, 0) is 40.2 Å². The Balaban J connectivity index is 1.87. The number of sulfone groups is 1. The van der Waals surface area contributed by atoms with E-state index in [0.717, 1.165) is 12.2 Å². The van der Waals surface area contributed by atoms with Crippen molar-refractivity contribution in [2.45, 2.75) is 28.6 Å². The van der Waals surface area contributed by atoms with Gasteiger partial charge in [0.1, 0.15) is 37.8 Å². The first kappa shape index (κ1) is 28.7. The number of carbonyl (C=O) groups excluding carboxylic acids is 2. The molecule has 1 unspecified atom stereocenters. The molecule has 0 spiro atoms. The van der Waals surface area contributed by atoms with Crippen LogP contribution in [0.4, 0.5) is 0 Å². The summed E-state index contributed by atoms with van der Waals surface area (Å²) in [6.45, 7) is 5.91. The summed E-state index contributed by atoms with van der Waals surface area (Å²) in [6, 6.07) is 11.7. The molecule has 0 heterocycles. The van der Waals surface area contributed by atoms with Gasteiger partial charge in [0.25, 0.3) is 0 Å². The first-order valence-electron chi connectivity index (χ1n) is 10.7. The Hall–Kier alpha value is -3.51. The summed E-state index contributed by atoms with van der Waals surface area (Å²) in [5.41, 5.74) is 0.685. The summed E-state index contributed by atoms with van der Waals surface area (Å²) in [6.07, 6.45) is -0.0872. The van der Waals surface area contributed by atoms with E-state index < -0.39 is 34.0 Å². The van der Waals surface area contributed by atoms with Crippen LogP contribution in [0.15, 0.2) is 83.6 Å². The van der Waals surface area contributed by atoms with Crippen LogP contribution in [0.5, 0.6) is 5.75 Å². The number of ether oxygens (including phenoxy) is 4. The van der Waals surface area contributed by atoms with Gasteiger partial charge in [-0.05, 0) is 42.0 Å². The highest BCUT2D eigenvalue weighted by molar-refractivity contribution is 7.91. The fourth-order valence-corrected chi connectivity index (χ4v) is 3.95. The number of hydrogen-bond acceptors (Lipinski definition) is 10. The van der Waals surface area contributed by atoms with Gasteiger partial charge in [-0.1, -0.05) is 25.3 Å². The lowest BCUT2D eigenvalue weighted by molar-refractivity contribution is -0.142. The van der Waals surface area contributed by atoms with E-state index in [1.54, 1.807) is 12.1 Å². The molecule has 0 aliphatic rings. The average Bonchev–Trinajstić information content (AvgIpc) is 2.89. The van der Waals surface area contributed by atoms with Crippen LogP contribution in [-0.4, -0.2) is 69.2 Å². The van der Waals surface area contributed by atoms with E-state index in [1.807, 2.05) is 0 Å². The zero-order valence-electron chi connectivity index (χ0n) is 19.4. The van der Waals surface area contributed by atoms with Crippen LogP contribution in [0.1, 0.15) is 5.56 Å². The second-order valence-corrected chi connectivity index (χ2v) is 9.37. The second-order valence-electron chi connectivity index (χ2n) is 7.42. The Morgan fingerprint density at radius 1 is 0.778 bits per heavy atom. The number of aliphatic hydroxyl groups excluding tert-OH is 2. The lowest BCUT2D eigenvalue weighted by Gasteiger charge is -2.13. The normalized spacial score (nSPS) is 12.7. The third kappa shape index (κ3) is 9.27. The van der Waals surface area contributed by atoms with E-state index in [9.17, 15) is 28.2 Å². The molecule has 0 aromatic heterocycles. The Kier molecular flexibility index (Phi) is 11.3. The molecule has 0 saturated heterocycles. The zero-order valence-corrected chi connectivity index (χ0v) is 20.3. The van der Waals surface area contributed by atoms with Gasteiger partial charge in [-0.2, -0.15) is 0 Å². The van der Waals surface area contributed by atoms with E-state index >= 15 is 0 Å². The Morgan fingerprint density at radius 3 is 1.75 bits per heavy atom. The highest BCUT2D eigenvalue weighted by Gasteiger charge is 2.18. The van der Waals surface area contributed by atoms with Gasteiger partial charge in [0.15, 0.2) is 0 Å². The largest absolute Gasteiger partial charge is 0.491 e. The number of hydrogen-bond donors (Lipinski definition) is 2. The van der Waals surface area contributed by atoms with Gasteiger partial charge >= 0.3 is 11.9 Å². The van der Waals surface area contributed by atoms with Gasteiger partial charge in [-0.25, -0.2) is 18.0 Å². The van der Waals surface area contributed by atoms with Crippen molar-refractivity contribution in [3.8, 4) is 5.75 Å². The highest BCUT2D eigenvalue weighted by atomic mass is 32.2. The Bertz CT molecular complexity index is 1120. The van der Waals surface area contributed by atoms with Gasteiger partial charge in [0.2, 0.25) is 9.84 Å². The molecule has 0 amide bonds. The van der Waals surface area contributed by atoms with E-state index in [2.05, 4.69) is 13.2 Å². The molecular weight excluding hydrogens is 492 g/mol. The monoisotopic (exact) mass is 520 g/mol. The topological polar surface area (TPSA) is 146 Å². The van der Waals surface area contributed by atoms with Crippen molar-refractivity contribution in [3.63, 3.8) is 0 Å². The summed E-state index contributed by atoms with van der Waals surface area (Å²) < 4.78 is 46.0. The fraction of sp³-hybridized carbons (Fsp3) is 0.280. The summed E-state index contributed by atoms with van der Waals surface area (Å²) in [7, 11) is -3.79. The average molecular weight is 521 g/mol. The quantitative estimate of drug-likeness (QED) is 0.262. The lowest BCUT2D eigenvalue weighted by Crippen LogP contribution is -2.24. The molecule has 0 fully saturated rings. The molecule has 0 radical (unpaired) electrons. The maximum Gasteiger partial charge on any atom is 0.330 e. The number of benzene rings is 2. The molecule has 2 aromatic rings. The highest BCUT2D eigenvalue weighted by Crippen LogP contribution is 2.23. The Morgan fingerprint density at radius 2 is 1.25 bits per heavy atom. The number of carbonyl (C=O) groups is 2. The van der Waals surface area contributed by atoms with Gasteiger partial charge in [-0.3, -0.25) is 0 Å². The molecule has 0 saturated carbocycles. The van der Waals surface area contributed by atoms with E-state index in [-0.39, 0.29) is 42.8 Å². The van der Waals surface area contributed by atoms with Gasteiger partial charge in [0, 0.05) is 12.2 Å². The van der Waals surface area contributed by atoms with Crippen molar-refractivity contribution in [1.29, 1.82) is 0 Å². The summed E-state index contributed by atoms with van der Waals surface area (Å²) in [5.74, 6) is -0.973. The van der Waals surface area contributed by atoms with Gasteiger partial charge in [0.05, 0.1) is 23.0 Å². The van der Waals surface area contributed by atoms with Crippen molar-refractivity contribution in [3.05, 3.63) is 79.4 Å². The van der Waals surface area contributed by atoms with Crippen molar-refractivity contribution in [1.82, 2.24) is 0 Å². The molecule has 10 nitrogen and oxygen atoms in total. The van der Waals surface area contributed by atoms with E-state index in [1.165, 1.54) is 36.4 Å². The molecule has 194 valence electrons. The molecule has 2 N–H and O–H groups in total. The standard InChI is InChI=1S/C25H28O10S/c1-3-24(28)34-16-19(26)14-32-13-18-5-9-22(10-6-18)36(30,31)23-11-7-21(8-12-23)33-15-20(27)17-35-25(29)4-2/h3-12,19-20,26-27H,1-2,13-17H2/t19?,20-/m0/s1. The number of aliphatic hydroxyl groups is 2. The zero-order chi connectivity index (χ0) is 26.6. The molecule has 11 heteroatoms. The summed E-state index contributed by atoms with van der Waals surface area (Å²) in [5, 5.41) is 19.5. The second kappa shape index (κ2) is 14.1. The number of rotatable bonds is 15. The van der Waals surface area contributed by atoms with Crippen LogP contribution >= 0.6 is 0 Å². The van der Waals surface area contributed by atoms with Crippen LogP contribution in [0.25, 0.3) is 0 Å². The van der Waals surface area contributed by atoms with Crippen molar-refractivity contribution < 1.29 is 47.2 Å². The molecule has 36 heavy (non-hydrogen) atoms. The van der Waals surface area contributed by atoms with Crippen LogP contribution in [0.2, 0.25) is 0 Å². The van der Waals surface area contributed by atoms with Crippen LogP contribution in [0, 0.1) is 0 Å². The van der Waals surface area contributed by atoms with E-state index in [4.69, 9.17) is 18.9 Å². The lowest BCUT2D eigenvalue weighted by atomic mass is 10.2. The van der Waals surface area contributed by atoms with Crippen LogP contribution in [0.3, 0.4) is 0 Å². The molecule has 0 aliphatic carbocycles. The maximum absolute atomic E-state index is 12.9. The fourth-order valence-electron chi connectivity index (χ4n) is 2.69. The maximum atomic E-state index is 12.9. The summed E-state index contributed by atoms with van der Waals surface area (Å²) >= 11 is 0. The molecule has 2 atom stereocenters. The van der Waals surface area contributed by atoms with E-state index in [0.29, 0.717) is 11.3 Å². The first-order chi connectivity index (χ1) is 17.1. The van der Waals surface area contributed by atoms with Crippen molar-refractivity contribution in [2.24, 2.45) is 0 Å². The van der Waals surface area contributed by atoms with Crippen molar-refractivity contribution >= 4 is 21.8 Å². The van der Waals surface area contributed by atoms with Crippen LogP contribution < -0.4 is 4.74 Å². The first-order valence-corrected chi connectivity index (χ1v) is 12.2. The molecule has 0 bridgehead atoms. The molecule has 2 rings (SSSR count). The predicted molar refractivity (Wildman–Crippen MR) is 128 cm³/mol. The minimum Gasteiger partial charge on any atom is -0.491 e. The van der Waals surface area contributed by atoms with Crippen molar-refractivity contribution in [2.75, 3.05) is 26.4 Å². The SMILES string of the molecule is C=CC(=O)OCC(O)COCc1ccc(S(=O)(=O)c2ccc(OC[C@H](O)COC(=O)C=C)cc2)cc1. The third-order valence-electron chi connectivity index (χ3n) is 4.56. The smallest absolute Gasteiger partial charge is 0.330 e. The van der Waals surface area contributed by atoms with Gasteiger partial charge < -0.3 is 29.2 Å². The molecular formula is C25H28O10S. The van der Waals surface area contributed by atoms with Gasteiger partial charge in [-0.15, -0.1) is 0 Å². The Labute approximate surface area is 209 Å². The predicted octanol–water partition coefficient (Wildman–Crippen LogP) is 1.59. The third-order valence-corrected chi connectivity index (χ3v) is 6.34. The molecule has 0 aliphatic heterocycles.